The molecule has 0 fully saturated rings. The van der Waals surface area contributed by atoms with Crippen molar-refractivity contribution in [3.63, 3.8) is 0 Å². The third kappa shape index (κ3) is 868. The van der Waals surface area contributed by atoms with E-state index >= 15 is 0 Å². The molecule has 0 aliphatic rings. The molecular weight excluding hydrogens is 148 g/mol. The van der Waals surface area contributed by atoms with Crippen LogP contribution in [-0.2, 0) is 4.74 Å². The standard InChI is InChI=1S/C5H12.C3H8O.3CH4/c1-5(2,3)4;1-3-4-2;;;/h1-4H3;3H2,1-2H3;3*1H4. The molecule has 0 aromatic carbocycles. The molecule has 82 valence electrons. The molecule has 0 N–H and O–H groups in total. The Morgan fingerprint density at radius 3 is 1.00 bits per heavy atom. The first-order chi connectivity index (χ1) is 3.91. The molecule has 0 unspecified atom stereocenters. The van der Waals surface area contributed by atoms with E-state index < -0.39 is 0 Å². The fraction of sp³-hybridized carbons (Fsp3) is 1.00. The summed E-state index contributed by atoms with van der Waals surface area (Å²) in [6, 6.07) is 0. The zero-order valence-corrected chi connectivity index (χ0v) is 7.62. The summed E-state index contributed by atoms with van der Waals surface area (Å²) in [6.07, 6.45) is 0. The molecule has 0 spiro atoms. The topological polar surface area (TPSA) is 9.23 Å². The van der Waals surface area contributed by atoms with E-state index in [2.05, 4.69) is 32.4 Å². The molecule has 0 aliphatic heterocycles. The fourth-order valence-electron chi connectivity index (χ4n) is 0. The van der Waals surface area contributed by atoms with Gasteiger partial charge in [0.1, 0.15) is 0 Å². The van der Waals surface area contributed by atoms with Crippen LogP contribution in [0, 0.1) is 5.41 Å². The molecule has 0 amide bonds. The molecule has 0 saturated carbocycles. The molecule has 1 heteroatoms. The van der Waals surface area contributed by atoms with Gasteiger partial charge in [-0.15, -0.1) is 0 Å². The van der Waals surface area contributed by atoms with Crippen molar-refractivity contribution in [3.05, 3.63) is 0 Å². The van der Waals surface area contributed by atoms with Crippen LogP contribution in [0.25, 0.3) is 0 Å². The van der Waals surface area contributed by atoms with E-state index in [4.69, 9.17) is 0 Å². The number of ether oxygens (including phenoxy) is 1. The number of hydrogen-bond donors (Lipinski definition) is 0. The average molecular weight is 180 g/mol. The minimum Gasteiger partial charge on any atom is -0.385 e. The zero-order valence-electron chi connectivity index (χ0n) is 7.62. The van der Waals surface area contributed by atoms with Crippen molar-refractivity contribution in [2.24, 2.45) is 5.41 Å². The summed E-state index contributed by atoms with van der Waals surface area (Å²) < 4.78 is 4.54. The van der Waals surface area contributed by atoms with Gasteiger partial charge in [0.15, 0.2) is 0 Å². The zero-order chi connectivity index (χ0) is 7.91. The Balaban J connectivity index is -0.0000000221. The van der Waals surface area contributed by atoms with Gasteiger partial charge in [0.2, 0.25) is 0 Å². The third-order valence-corrected chi connectivity index (χ3v) is 0.289. The van der Waals surface area contributed by atoms with Crippen LogP contribution in [0.4, 0.5) is 0 Å². The predicted molar refractivity (Wildman–Crippen MR) is 62.9 cm³/mol. The summed E-state index contributed by atoms with van der Waals surface area (Å²) in [5.41, 5.74) is 0.500. The monoisotopic (exact) mass is 180 g/mol. The molecule has 0 bridgehead atoms. The molecule has 0 aromatic rings. The van der Waals surface area contributed by atoms with Crippen molar-refractivity contribution in [1.29, 1.82) is 0 Å². The molecule has 0 radical (unpaired) electrons. The summed E-state index contributed by atoms with van der Waals surface area (Å²) in [6.45, 7) is 11.5. The van der Waals surface area contributed by atoms with Crippen LogP contribution in [0.3, 0.4) is 0 Å². The lowest BCUT2D eigenvalue weighted by Gasteiger charge is -2.05. The van der Waals surface area contributed by atoms with E-state index in [0.717, 1.165) is 6.61 Å². The number of rotatable bonds is 1. The van der Waals surface area contributed by atoms with E-state index in [1.54, 1.807) is 7.11 Å². The van der Waals surface area contributed by atoms with Gasteiger partial charge in [0.05, 0.1) is 0 Å². The first kappa shape index (κ1) is 29.7. The maximum absolute atomic E-state index is 4.54. The van der Waals surface area contributed by atoms with Crippen LogP contribution < -0.4 is 0 Å². The highest BCUT2D eigenvalue weighted by Gasteiger charge is 1.95. The van der Waals surface area contributed by atoms with Gasteiger partial charge < -0.3 is 4.74 Å². The lowest BCUT2D eigenvalue weighted by Crippen LogP contribution is -1.93. The summed E-state index contributed by atoms with van der Waals surface area (Å²) in [7, 11) is 1.68. The van der Waals surface area contributed by atoms with E-state index in [9.17, 15) is 0 Å². The van der Waals surface area contributed by atoms with E-state index in [1.807, 2.05) is 6.92 Å². The Bertz CT molecular complexity index is 35.5. The van der Waals surface area contributed by atoms with Crippen LogP contribution in [0.5, 0.6) is 0 Å². The SMILES string of the molecule is C.C.C.CC(C)(C)C.CCOC. The van der Waals surface area contributed by atoms with E-state index in [0.29, 0.717) is 5.41 Å². The smallest absolute Gasteiger partial charge is 0.0433 e. The Morgan fingerprint density at radius 2 is 1.00 bits per heavy atom. The number of hydrogen-bond acceptors (Lipinski definition) is 1. The van der Waals surface area contributed by atoms with Gasteiger partial charge in [0.25, 0.3) is 0 Å². The summed E-state index contributed by atoms with van der Waals surface area (Å²) >= 11 is 0. The first-order valence-corrected chi connectivity index (χ1v) is 3.40. The molecule has 0 aliphatic carbocycles. The highest BCUT2D eigenvalue weighted by Crippen LogP contribution is 2.07. The van der Waals surface area contributed by atoms with Crippen LogP contribution in [0.15, 0.2) is 0 Å². The first-order valence-electron chi connectivity index (χ1n) is 3.40. The van der Waals surface area contributed by atoms with Crippen molar-refractivity contribution in [2.45, 2.75) is 56.9 Å². The maximum Gasteiger partial charge on any atom is 0.0433 e. The van der Waals surface area contributed by atoms with Crippen LogP contribution in [0.2, 0.25) is 0 Å². The molecule has 0 rings (SSSR count). The second-order valence-electron chi connectivity index (χ2n) is 3.58. The Morgan fingerprint density at radius 1 is 0.917 bits per heavy atom. The molecule has 0 atom stereocenters. The second kappa shape index (κ2) is 17.2. The Labute approximate surface area is 81.5 Å². The van der Waals surface area contributed by atoms with Crippen molar-refractivity contribution in [3.8, 4) is 0 Å². The quantitative estimate of drug-likeness (QED) is 0.572. The van der Waals surface area contributed by atoms with Gasteiger partial charge in [-0.2, -0.15) is 0 Å². The molecule has 1 nitrogen and oxygen atoms in total. The molecule has 0 saturated heterocycles. The van der Waals surface area contributed by atoms with E-state index in [-0.39, 0.29) is 22.3 Å². The molecule has 0 heterocycles. The minimum absolute atomic E-state index is 0. The Hall–Kier alpha value is -0.0400. The van der Waals surface area contributed by atoms with Gasteiger partial charge >= 0.3 is 0 Å². The normalized spacial score (nSPS) is 7.50. The largest absolute Gasteiger partial charge is 0.385 e. The summed E-state index contributed by atoms with van der Waals surface area (Å²) in [5.74, 6) is 0. The Kier molecular flexibility index (Phi) is 42.4. The van der Waals surface area contributed by atoms with Crippen molar-refractivity contribution in [2.75, 3.05) is 13.7 Å². The maximum atomic E-state index is 4.54. The summed E-state index contributed by atoms with van der Waals surface area (Å²) in [5, 5.41) is 0. The molecular formula is C11H32O. The lowest BCUT2D eigenvalue weighted by molar-refractivity contribution is 0.215. The second-order valence-corrected chi connectivity index (χ2v) is 3.58. The fourth-order valence-corrected chi connectivity index (χ4v) is 0. The van der Waals surface area contributed by atoms with Gasteiger partial charge in [-0.3, -0.25) is 0 Å². The van der Waals surface area contributed by atoms with Crippen LogP contribution >= 0.6 is 0 Å². The van der Waals surface area contributed by atoms with Crippen molar-refractivity contribution in [1.82, 2.24) is 0 Å². The average Bonchev–Trinajstić information content (AvgIpc) is 1.61. The third-order valence-electron chi connectivity index (χ3n) is 0.289. The van der Waals surface area contributed by atoms with Crippen LogP contribution in [-0.4, -0.2) is 13.7 Å². The lowest BCUT2D eigenvalue weighted by atomic mass is 10.0. The van der Waals surface area contributed by atoms with Crippen LogP contribution in [0.1, 0.15) is 56.9 Å². The van der Waals surface area contributed by atoms with Gasteiger partial charge in [-0.1, -0.05) is 50.0 Å². The van der Waals surface area contributed by atoms with Gasteiger partial charge in [-0.05, 0) is 12.3 Å². The molecule has 0 aromatic heterocycles. The minimum atomic E-state index is 0. The van der Waals surface area contributed by atoms with Crippen molar-refractivity contribution < 1.29 is 4.74 Å². The van der Waals surface area contributed by atoms with Gasteiger partial charge in [-0.25, -0.2) is 0 Å². The van der Waals surface area contributed by atoms with E-state index in [1.165, 1.54) is 0 Å². The predicted octanol–water partition coefficient (Wildman–Crippen LogP) is 4.61. The highest BCUT2D eigenvalue weighted by molar-refractivity contribution is 4.47. The molecule has 12 heavy (non-hydrogen) atoms. The van der Waals surface area contributed by atoms with Gasteiger partial charge in [0, 0.05) is 13.7 Å². The summed E-state index contributed by atoms with van der Waals surface area (Å²) in [4.78, 5) is 0. The highest BCUT2D eigenvalue weighted by atomic mass is 16.5. The number of methoxy groups -OCH3 is 1. The van der Waals surface area contributed by atoms with Crippen molar-refractivity contribution >= 4 is 0 Å².